The van der Waals surface area contributed by atoms with Crippen LogP contribution in [0.15, 0.2) is 98.5 Å². The number of hydrogen-bond acceptors (Lipinski definition) is 4. The number of epoxide rings is 1. The third kappa shape index (κ3) is 4.48. The average Bonchev–Trinajstić information content (AvgIpc) is 3.45. The first kappa shape index (κ1) is 19.5. The maximum atomic E-state index is 14.1. The van der Waals surface area contributed by atoms with Crippen LogP contribution in [0.2, 0.25) is 0 Å². The van der Waals surface area contributed by atoms with Crippen molar-refractivity contribution < 1.29 is 18.7 Å². The van der Waals surface area contributed by atoms with Crippen LogP contribution in [0.3, 0.4) is 0 Å². The summed E-state index contributed by atoms with van der Waals surface area (Å²) in [5.41, 5.74) is 0.0305. The van der Waals surface area contributed by atoms with Crippen molar-refractivity contribution in [2.75, 3.05) is 0 Å². The minimum absolute atomic E-state index is 0.0631. The van der Waals surface area contributed by atoms with E-state index in [0.29, 0.717) is 12.8 Å². The van der Waals surface area contributed by atoms with Gasteiger partial charge in [0.2, 0.25) is 0 Å². The van der Waals surface area contributed by atoms with Gasteiger partial charge in [-0.2, -0.15) is 8.42 Å². The van der Waals surface area contributed by atoms with Crippen molar-refractivity contribution in [2.24, 2.45) is 3.77 Å². The molecule has 3 aromatic rings. The molecule has 5 nitrogen and oxygen atoms in total. The Kier molecular flexibility index (Phi) is 5.41. The summed E-state index contributed by atoms with van der Waals surface area (Å²) >= 11 is 0. The van der Waals surface area contributed by atoms with Crippen molar-refractivity contribution in [3.8, 4) is 0 Å². The number of benzene rings is 3. The lowest BCUT2D eigenvalue weighted by atomic mass is 10.1. The van der Waals surface area contributed by atoms with Gasteiger partial charge in [-0.1, -0.05) is 70.0 Å². The standard InChI is InChI=1S/C23H23NO4S2/c1-18-12-15-21(16-13-18)30(26,27)24-29(25,20-10-6-3-7-11-20)23-22(28-23)17-14-19-8-4-2-5-9-19/h2-13,15-16,22-23H,14,17H2,1H3/t22-,23+,29?/m0/s1/i23D. The summed E-state index contributed by atoms with van der Waals surface area (Å²) in [4.78, 5) is 0.106. The molecule has 0 aliphatic carbocycles. The molecule has 1 saturated heterocycles. The van der Waals surface area contributed by atoms with E-state index in [1.165, 1.54) is 24.3 Å². The lowest BCUT2D eigenvalue weighted by Gasteiger charge is -2.09. The maximum Gasteiger partial charge on any atom is 0.290 e. The first-order chi connectivity index (χ1) is 14.7. The highest BCUT2D eigenvalue weighted by molar-refractivity contribution is 8.03. The quantitative estimate of drug-likeness (QED) is 0.502. The zero-order valence-corrected chi connectivity index (χ0v) is 18.1. The minimum Gasteiger partial charge on any atom is -0.354 e. The minimum atomic E-state index is -4.27. The molecule has 3 atom stereocenters. The van der Waals surface area contributed by atoms with Crippen LogP contribution in [0.5, 0.6) is 0 Å². The molecule has 0 amide bonds. The van der Waals surface area contributed by atoms with E-state index >= 15 is 0 Å². The molecule has 0 aromatic heterocycles. The van der Waals surface area contributed by atoms with Gasteiger partial charge in [-0.15, -0.1) is 0 Å². The molecule has 1 aliphatic rings. The number of nitrogens with zero attached hydrogens (tertiary/aromatic N) is 1. The largest absolute Gasteiger partial charge is 0.354 e. The summed E-state index contributed by atoms with van der Waals surface area (Å²) in [7, 11) is -8.03. The van der Waals surface area contributed by atoms with Crippen LogP contribution in [0, 0.1) is 6.92 Å². The van der Waals surface area contributed by atoms with E-state index < -0.39 is 31.3 Å². The van der Waals surface area contributed by atoms with E-state index in [4.69, 9.17) is 6.11 Å². The van der Waals surface area contributed by atoms with Crippen LogP contribution in [0.25, 0.3) is 0 Å². The van der Waals surface area contributed by atoms with Gasteiger partial charge in [-0.05, 0) is 49.6 Å². The molecule has 156 valence electrons. The van der Waals surface area contributed by atoms with Gasteiger partial charge in [-0.25, -0.2) is 4.21 Å². The Morgan fingerprint density at radius 3 is 2.10 bits per heavy atom. The zero-order chi connectivity index (χ0) is 22.1. The number of hydrogen-bond donors (Lipinski definition) is 0. The normalized spacial score (nSPS) is 23.2. The van der Waals surface area contributed by atoms with Crippen LogP contribution in [0.1, 0.15) is 18.9 Å². The molecule has 3 aromatic carbocycles. The summed E-state index contributed by atoms with van der Waals surface area (Å²) in [6, 6.07) is 23.9. The smallest absolute Gasteiger partial charge is 0.290 e. The predicted octanol–water partition coefficient (Wildman–Crippen LogP) is 4.57. The second-order valence-corrected chi connectivity index (χ2v) is 11.1. The summed E-state index contributed by atoms with van der Waals surface area (Å²) in [6.07, 6.45) is 0.385. The molecule has 0 N–H and O–H groups in total. The van der Waals surface area contributed by atoms with Crippen LogP contribution < -0.4 is 0 Å². The Balaban J connectivity index is 1.72. The lowest BCUT2D eigenvalue weighted by Crippen LogP contribution is -2.15. The third-order valence-corrected chi connectivity index (χ3v) is 9.17. The van der Waals surface area contributed by atoms with Crippen molar-refractivity contribution in [3.05, 3.63) is 96.1 Å². The van der Waals surface area contributed by atoms with Gasteiger partial charge >= 0.3 is 0 Å². The Morgan fingerprint density at radius 2 is 1.47 bits per heavy atom. The highest BCUT2D eigenvalue weighted by atomic mass is 32.3. The predicted molar refractivity (Wildman–Crippen MR) is 117 cm³/mol. The number of aryl methyl sites for hydroxylation is 2. The van der Waals surface area contributed by atoms with Crippen molar-refractivity contribution >= 4 is 19.8 Å². The molecule has 1 aliphatic heterocycles. The van der Waals surface area contributed by atoms with E-state index in [-0.39, 0.29) is 9.79 Å². The summed E-state index contributed by atoms with van der Waals surface area (Å²) in [5.74, 6) is 0. The van der Waals surface area contributed by atoms with Gasteiger partial charge in [-0.3, -0.25) is 0 Å². The monoisotopic (exact) mass is 442 g/mol. The Bertz CT molecular complexity index is 1290. The Labute approximate surface area is 179 Å². The van der Waals surface area contributed by atoms with Gasteiger partial charge in [0.15, 0.2) is 5.41 Å². The molecule has 0 saturated carbocycles. The van der Waals surface area contributed by atoms with Crippen molar-refractivity contribution in [1.82, 2.24) is 0 Å². The number of sulfonamides is 1. The molecule has 1 heterocycles. The van der Waals surface area contributed by atoms with Crippen molar-refractivity contribution in [3.63, 3.8) is 0 Å². The lowest BCUT2D eigenvalue weighted by molar-refractivity contribution is 0.386. The van der Waals surface area contributed by atoms with Crippen LogP contribution in [-0.4, -0.2) is 24.1 Å². The van der Waals surface area contributed by atoms with Crippen LogP contribution in [-0.2, 0) is 30.9 Å². The van der Waals surface area contributed by atoms with E-state index in [2.05, 4.69) is 3.77 Å². The van der Waals surface area contributed by atoms with Crippen LogP contribution >= 0.6 is 0 Å². The van der Waals surface area contributed by atoms with E-state index in [9.17, 15) is 12.6 Å². The van der Waals surface area contributed by atoms with Gasteiger partial charge in [0.05, 0.1) is 17.3 Å². The summed E-state index contributed by atoms with van der Waals surface area (Å²) < 4.78 is 58.3. The van der Waals surface area contributed by atoms with Gasteiger partial charge < -0.3 is 4.74 Å². The molecule has 0 bridgehead atoms. The molecule has 1 fully saturated rings. The molecular formula is C23H23NO4S2. The first-order valence-corrected chi connectivity index (χ1v) is 12.6. The van der Waals surface area contributed by atoms with Crippen molar-refractivity contribution in [2.45, 2.75) is 41.1 Å². The summed E-state index contributed by atoms with van der Waals surface area (Å²) in [6.45, 7) is 1.84. The molecule has 1 unspecified atom stereocenters. The van der Waals surface area contributed by atoms with E-state index in [0.717, 1.165) is 11.1 Å². The van der Waals surface area contributed by atoms with Gasteiger partial charge in [0.1, 0.15) is 9.73 Å². The first-order valence-electron chi connectivity index (χ1n) is 10.1. The third-order valence-electron chi connectivity index (χ3n) is 4.86. The number of ether oxygens (including phenoxy) is 1. The number of rotatable bonds is 7. The van der Waals surface area contributed by atoms with E-state index in [1.807, 2.05) is 37.3 Å². The topological polar surface area (TPSA) is 76.1 Å². The second kappa shape index (κ2) is 8.34. The molecule has 7 heteroatoms. The molecule has 30 heavy (non-hydrogen) atoms. The Morgan fingerprint density at radius 1 is 0.867 bits per heavy atom. The molecular weight excluding hydrogens is 418 g/mol. The zero-order valence-electron chi connectivity index (χ0n) is 17.5. The highest BCUT2D eigenvalue weighted by Crippen LogP contribution is 2.38. The fraction of sp³-hybridized carbons (Fsp3) is 0.217. The van der Waals surface area contributed by atoms with Crippen molar-refractivity contribution in [1.29, 1.82) is 0 Å². The Hall–Kier alpha value is -2.48. The van der Waals surface area contributed by atoms with Gasteiger partial charge in [0.25, 0.3) is 10.0 Å². The molecule has 4 rings (SSSR count). The van der Waals surface area contributed by atoms with E-state index in [1.54, 1.807) is 30.3 Å². The molecule has 0 radical (unpaired) electrons. The average molecular weight is 443 g/mol. The fourth-order valence-electron chi connectivity index (χ4n) is 3.16. The second-order valence-electron chi connectivity index (χ2n) is 7.15. The van der Waals surface area contributed by atoms with Crippen LogP contribution in [0.4, 0.5) is 0 Å². The fourth-order valence-corrected chi connectivity index (χ4v) is 7.21. The maximum absolute atomic E-state index is 14.1. The van der Waals surface area contributed by atoms with Gasteiger partial charge in [0, 0.05) is 0 Å². The highest BCUT2D eigenvalue weighted by Gasteiger charge is 2.48. The summed E-state index contributed by atoms with van der Waals surface area (Å²) in [5, 5.41) is 0. The SMILES string of the molecule is [2H][C@]1(S(=O)(=NS(=O)(=O)c2ccc(C)cc2)c2ccccc2)O[C@H]1CCc1ccccc1. The molecule has 0 spiro atoms.